The molecule has 1 aromatic carbocycles. The molecule has 0 saturated heterocycles. The number of rotatable bonds is 1. The summed E-state index contributed by atoms with van der Waals surface area (Å²) in [5, 5.41) is 12.3. The van der Waals surface area contributed by atoms with Gasteiger partial charge in [0.2, 0.25) is 5.88 Å². The van der Waals surface area contributed by atoms with E-state index < -0.39 is 11.5 Å². The molecule has 5 rings (SSSR count). The molecule has 0 bridgehead atoms. The lowest BCUT2D eigenvalue weighted by atomic mass is 9.86. The van der Waals surface area contributed by atoms with Crippen molar-refractivity contribution in [3.63, 3.8) is 0 Å². The number of hydrogen-bond acceptors (Lipinski definition) is 7. The third-order valence-electron chi connectivity index (χ3n) is 4.73. The number of ether oxygens (including phenoxy) is 1. The summed E-state index contributed by atoms with van der Waals surface area (Å²) >= 11 is 1.47. The van der Waals surface area contributed by atoms with Crippen molar-refractivity contribution < 1.29 is 9.15 Å². The summed E-state index contributed by atoms with van der Waals surface area (Å²) in [6, 6.07) is 9.18. The van der Waals surface area contributed by atoms with Gasteiger partial charge in [0.25, 0.3) is 0 Å². The number of aromatic nitrogens is 2. The number of nitrogens with two attached hydrogens (primary N) is 1. The number of allylic oxidation sites excluding steroid dienone is 1. The second-order valence-corrected chi connectivity index (χ2v) is 7.06. The Morgan fingerprint density at radius 1 is 1.37 bits per heavy atom. The van der Waals surface area contributed by atoms with Crippen molar-refractivity contribution in [3.05, 3.63) is 74.7 Å². The third kappa shape index (κ3) is 2.06. The van der Waals surface area contributed by atoms with Crippen LogP contribution in [0.1, 0.15) is 22.9 Å². The van der Waals surface area contributed by atoms with Gasteiger partial charge in [-0.25, -0.2) is 9.78 Å². The standard InChI is InChI=1S/C19H12N4O3S/c1-9-15(23-6-7-27-19(23)22-9)13-11(8-20)17(21)26-16-10-4-2-3-5-12(10)25-18(24)14(13)16/h2-7,13H,21H2,1H3/t13-/m0/s1. The van der Waals surface area contributed by atoms with Gasteiger partial charge < -0.3 is 14.9 Å². The Morgan fingerprint density at radius 3 is 3.00 bits per heavy atom. The molecule has 0 saturated carbocycles. The predicted molar refractivity (Wildman–Crippen MR) is 99.6 cm³/mol. The zero-order valence-electron chi connectivity index (χ0n) is 14.1. The van der Waals surface area contributed by atoms with Crippen LogP contribution in [-0.2, 0) is 0 Å². The number of nitrogens with zero attached hydrogens (tertiary/aromatic N) is 3. The molecule has 1 aliphatic heterocycles. The summed E-state index contributed by atoms with van der Waals surface area (Å²) in [7, 11) is 0. The fraction of sp³-hybridized carbons (Fsp3) is 0.105. The number of nitriles is 1. The number of aryl methyl sites for hydroxylation is 1. The molecular formula is C19H12N4O3S. The van der Waals surface area contributed by atoms with Crippen LogP contribution in [0.3, 0.4) is 0 Å². The van der Waals surface area contributed by atoms with Crippen LogP contribution in [0.15, 0.2) is 56.5 Å². The Kier molecular flexibility index (Phi) is 3.17. The quantitative estimate of drug-likeness (QED) is 0.512. The minimum atomic E-state index is -0.718. The highest BCUT2D eigenvalue weighted by atomic mass is 32.1. The summed E-state index contributed by atoms with van der Waals surface area (Å²) < 4.78 is 13.1. The second kappa shape index (κ2) is 5.46. The fourth-order valence-corrected chi connectivity index (χ4v) is 4.37. The topological polar surface area (TPSA) is 107 Å². The van der Waals surface area contributed by atoms with Gasteiger partial charge in [0, 0.05) is 11.6 Å². The van der Waals surface area contributed by atoms with E-state index in [0.717, 1.165) is 4.96 Å². The van der Waals surface area contributed by atoms with Crippen molar-refractivity contribution in [2.24, 2.45) is 5.73 Å². The third-order valence-corrected chi connectivity index (χ3v) is 5.49. The van der Waals surface area contributed by atoms with Crippen LogP contribution in [0, 0.1) is 18.3 Å². The Bertz CT molecular complexity index is 1370. The van der Waals surface area contributed by atoms with E-state index >= 15 is 0 Å². The summed E-state index contributed by atoms with van der Waals surface area (Å²) in [5.74, 6) is -0.410. The molecule has 8 heteroatoms. The number of thiazole rings is 1. The van der Waals surface area contributed by atoms with E-state index in [2.05, 4.69) is 11.1 Å². The Morgan fingerprint density at radius 2 is 2.19 bits per heavy atom. The Labute approximate surface area is 156 Å². The molecule has 1 atom stereocenters. The number of fused-ring (bicyclic) bond motifs is 4. The maximum Gasteiger partial charge on any atom is 0.344 e. The average Bonchev–Trinajstić information content (AvgIpc) is 3.21. The monoisotopic (exact) mass is 376 g/mol. The largest absolute Gasteiger partial charge is 0.439 e. The first-order valence-corrected chi connectivity index (χ1v) is 9.03. The highest BCUT2D eigenvalue weighted by molar-refractivity contribution is 7.15. The van der Waals surface area contributed by atoms with Gasteiger partial charge in [-0.2, -0.15) is 5.26 Å². The highest BCUT2D eigenvalue weighted by Gasteiger charge is 2.38. The van der Waals surface area contributed by atoms with Gasteiger partial charge in [0.05, 0.1) is 28.3 Å². The van der Waals surface area contributed by atoms with Crippen LogP contribution in [0.25, 0.3) is 15.9 Å². The molecule has 0 spiro atoms. The normalized spacial score (nSPS) is 16.4. The van der Waals surface area contributed by atoms with Crippen molar-refractivity contribution in [2.75, 3.05) is 0 Å². The SMILES string of the molecule is Cc1nc2sccn2c1[C@H]1C(C#N)=C(N)Oc2c1c(=O)oc1ccccc21. The molecule has 3 aromatic heterocycles. The van der Waals surface area contributed by atoms with Gasteiger partial charge in [-0.3, -0.25) is 4.40 Å². The van der Waals surface area contributed by atoms with Crippen molar-refractivity contribution >= 4 is 27.3 Å². The zero-order valence-corrected chi connectivity index (χ0v) is 14.9. The summed E-state index contributed by atoms with van der Waals surface area (Å²) in [4.78, 5) is 18.2. The Hall–Kier alpha value is -3.57. The van der Waals surface area contributed by atoms with E-state index in [9.17, 15) is 10.1 Å². The molecule has 0 unspecified atom stereocenters. The molecule has 4 heterocycles. The maximum atomic E-state index is 12.9. The van der Waals surface area contributed by atoms with Crippen LogP contribution >= 0.6 is 11.3 Å². The van der Waals surface area contributed by atoms with Crippen molar-refractivity contribution in [1.82, 2.24) is 9.38 Å². The molecule has 7 nitrogen and oxygen atoms in total. The van der Waals surface area contributed by atoms with Crippen molar-refractivity contribution in [1.29, 1.82) is 5.26 Å². The Balaban J connectivity index is 1.93. The lowest BCUT2D eigenvalue weighted by Crippen LogP contribution is -2.27. The summed E-state index contributed by atoms with van der Waals surface area (Å²) in [5.41, 5.74) is 7.78. The molecule has 0 aliphatic carbocycles. The smallest absolute Gasteiger partial charge is 0.344 e. The first-order valence-electron chi connectivity index (χ1n) is 8.15. The molecule has 27 heavy (non-hydrogen) atoms. The van der Waals surface area contributed by atoms with Crippen LogP contribution in [-0.4, -0.2) is 9.38 Å². The lowest BCUT2D eigenvalue weighted by Gasteiger charge is -2.25. The minimum Gasteiger partial charge on any atom is -0.439 e. The predicted octanol–water partition coefficient (Wildman–Crippen LogP) is 3.03. The van der Waals surface area contributed by atoms with E-state index in [1.165, 1.54) is 11.3 Å². The van der Waals surface area contributed by atoms with Gasteiger partial charge in [-0.05, 0) is 19.1 Å². The fourth-order valence-electron chi connectivity index (χ4n) is 3.60. The highest BCUT2D eigenvalue weighted by Crippen LogP contribution is 2.44. The maximum absolute atomic E-state index is 12.9. The van der Waals surface area contributed by atoms with E-state index in [4.69, 9.17) is 14.9 Å². The first-order chi connectivity index (χ1) is 13.1. The van der Waals surface area contributed by atoms with Crippen LogP contribution in [0.2, 0.25) is 0 Å². The van der Waals surface area contributed by atoms with Gasteiger partial charge in [-0.1, -0.05) is 12.1 Å². The minimum absolute atomic E-state index is 0.0182. The zero-order chi connectivity index (χ0) is 18.7. The van der Waals surface area contributed by atoms with E-state index in [1.54, 1.807) is 18.2 Å². The second-order valence-electron chi connectivity index (χ2n) is 6.19. The number of imidazole rings is 1. The van der Waals surface area contributed by atoms with E-state index in [-0.39, 0.29) is 17.0 Å². The first kappa shape index (κ1) is 15.7. The lowest BCUT2D eigenvalue weighted by molar-refractivity contribution is 0.387. The summed E-state index contributed by atoms with van der Waals surface area (Å²) in [6.45, 7) is 1.85. The van der Waals surface area contributed by atoms with Gasteiger partial charge in [-0.15, -0.1) is 11.3 Å². The molecule has 2 N–H and O–H groups in total. The van der Waals surface area contributed by atoms with Crippen molar-refractivity contribution in [3.8, 4) is 11.8 Å². The van der Waals surface area contributed by atoms with Crippen molar-refractivity contribution in [2.45, 2.75) is 12.8 Å². The van der Waals surface area contributed by atoms with Gasteiger partial charge in [0.15, 0.2) is 10.7 Å². The van der Waals surface area contributed by atoms with Crippen LogP contribution < -0.4 is 16.1 Å². The summed E-state index contributed by atoms with van der Waals surface area (Å²) in [6.07, 6.45) is 1.86. The molecule has 0 fully saturated rings. The molecule has 4 aromatic rings. The average molecular weight is 376 g/mol. The van der Waals surface area contributed by atoms with Gasteiger partial charge >= 0.3 is 5.63 Å². The van der Waals surface area contributed by atoms with E-state index in [1.807, 2.05) is 29.0 Å². The van der Waals surface area contributed by atoms with Crippen LogP contribution in [0.4, 0.5) is 0 Å². The number of hydrogen-bond donors (Lipinski definition) is 1. The van der Waals surface area contributed by atoms with Gasteiger partial charge in [0.1, 0.15) is 17.2 Å². The molecular weight excluding hydrogens is 364 g/mol. The molecule has 132 valence electrons. The van der Waals surface area contributed by atoms with Crippen LogP contribution in [0.5, 0.6) is 5.75 Å². The van der Waals surface area contributed by atoms with E-state index in [0.29, 0.717) is 28.1 Å². The molecule has 0 radical (unpaired) electrons. The molecule has 1 aliphatic rings. The molecule has 0 amide bonds. The number of para-hydroxylation sites is 1. The number of benzene rings is 1.